The lowest BCUT2D eigenvalue weighted by Crippen LogP contribution is -2.50. The smallest absolute Gasteiger partial charge is 0.312 e. The number of likely N-dealkylation sites (N-methyl/N-ethyl adjacent to an activating group) is 1. The van der Waals surface area contributed by atoms with Gasteiger partial charge in [0, 0.05) is 7.11 Å². The number of carbonyl (C=O) groups is 2. The summed E-state index contributed by atoms with van der Waals surface area (Å²) in [4.78, 5) is 25.0. The van der Waals surface area contributed by atoms with Gasteiger partial charge in [-0.15, -0.1) is 0 Å². The molecule has 0 aliphatic carbocycles. The number of esters is 1. The van der Waals surface area contributed by atoms with E-state index in [0.29, 0.717) is 6.54 Å². The summed E-state index contributed by atoms with van der Waals surface area (Å²) in [6, 6.07) is 0. The summed E-state index contributed by atoms with van der Waals surface area (Å²) in [5.41, 5.74) is 0. The van der Waals surface area contributed by atoms with E-state index in [9.17, 15) is 22.6 Å². The number of nitrogens with one attached hydrogen (secondary N) is 1. The minimum absolute atomic E-state index is 0.107. The Morgan fingerprint density at radius 1 is 1.14 bits per heavy atom. The number of amides is 1. The average Bonchev–Trinajstić information content (AvgIpc) is 3.20. The molecule has 2 heterocycles. The molecule has 0 saturated carbocycles. The van der Waals surface area contributed by atoms with Crippen LogP contribution in [0.2, 0.25) is 0 Å². The van der Waals surface area contributed by atoms with E-state index in [-0.39, 0.29) is 36.7 Å². The maximum Gasteiger partial charge on any atom is 0.312 e. The molecule has 1 fully saturated rings. The van der Waals surface area contributed by atoms with Crippen molar-refractivity contribution in [1.82, 2.24) is 5.32 Å². The fourth-order valence-corrected chi connectivity index (χ4v) is 4.01. The van der Waals surface area contributed by atoms with E-state index in [1.807, 2.05) is 0 Å². The third-order valence-corrected chi connectivity index (χ3v) is 5.65. The highest BCUT2D eigenvalue weighted by Crippen LogP contribution is 2.39. The molecule has 0 aromatic heterocycles. The van der Waals surface area contributed by atoms with Crippen LogP contribution in [-0.2, 0) is 33.9 Å². The number of fused-ring (bicyclic) bond motifs is 2. The molecular weight excluding hydrogens is 392 g/mol. The normalized spacial score (nSPS) is 26.4. The lowest BCUT2D eigenvalue weighted by atomic mass is 9.82. The number of quaternary nitrogens is 1. The van der Waals surface area contributed by atoms with Gasteiger partial charge in [-0.1, -0.05) is 12.2 Å². The summed E-state index contributed by atoms with van der Waals surface area (Å²) >= 11 is 0. The molecule has 2 aliphatic rings. The second-order valence-corrected chi connectivity index (χ2v) is 9.12. The van der Waals surface area contributed by atoms with E-state index in [2.05, 4.69) is 5.32 Å². The van der Waals surface area contributed by atoms with Crippen molar-refractivity contribution in [2.24, 2.45) is 11.8 Å². The highest BCUT2D eigenvalue weighted by molar-refractivity contribution is 7.85. The Morgan fingerprint density at radius 3 is 2.39 bits per heavy atom. The molecule has 2 bridgehead atoms. The third-order valence-electron chi connectivity index (χ3n) is 4.97. The van der Waals surface area contributed by atoms with Gasteiger partial charge in [0.2, 0.25) is 5.91 Å². The largest absolute Gasteiger partial charge is 0.748 e. The van der Waals surface area contributed by atoms with E-state index < -0.39 is 45.9 Å². The van der Waals surface area contributed by atoms with Crippen LogP contribution in [0.25, 0.3) is 0 Å². The second kappa shape index (κ2) is 9.31. The van der Waals surface area contributed by atoms with Crippen LogP contribution in [0.4, 0.5) is 0 Å². The molecule has 1 N–H and O–H groups in total. The second-order valence-electron chi connectivity index (χ2n) is 7.60. The zero-order valence-electron chi connectivity index (χ0n) is 16.3. The molecule has 0 spiro atoms. The van der Waals surface area contributed by atoms with Crippen LogP contribution in [-0.4, -0.2) is 101 Å². The minimum atomic E-state index is -4.28. The maximum absolute atomic E-state index is 12.7. The van der Waals surface area contributed by atoms with Crippen LogP contribution in [0.1, 0.15) is 0 Å². The predicted molar refractivity (Wildman–Crippen MR) is 97.0 cm³/mol. The van der Waals surface area contributed by atoms with Crippen molar-refractivity contribution in [3.05, 3.63) is 12.2 Å². The molecular formula is C17H28N2O8S. The number of carbonyl (C=O) groups excluding carboxylic acids is 2. The number of hydrogen-bond acceptors (Lipinski definition) is 8. The average molecular weight is 420 g/mol. The Labute approximate surface area is 165 Å². The Morgan fingerprint density at radius 2 is 1.79 bits per heavy atom. The van der Waals surface area contributed by atoms with Crippen LogP contribution in [0.15, 0.2) is 12.2 Å². The molecule has 11 heteroatoms. The first-order valence-electron chi connectivity index (χ1n) is 9.07. The van der Waals surface area contributed by atoms with Crippen molar-refractivity contribution < 1.29 is 41.3 Å². The van der Waals surface area contributed by atoms with Gasteiger partial charge in [0.25, 0.3) is 0 Å². The summed E-state index contributed by atoms with van der Waals surface area (Å²) in [7, 11) is 0.767. The summed E-state index contributed by atoms with van der Waals surface area (Å²) in [5.74, 6) is -2.66. The summed E-state index contributed by atoms with van der Waals surface area (Å²) in [6.45, 7) is 1.23. The number of methoxy groups -OCH3 is 1. The van der Waals surface area contributed by atoms with Crippen LogP contribution in [0.5, 0.6) is 0 Å². The van der Waals surface area contributed by atoms with Crippen LogP contribution < -0.4 is 5.32 Å². The SMILES string of the molecule is COCCOC(=O)C1C(C(=O)NCC[N+](C)(C)CCS(=O)(=O)[O-])[C@H]2C=C[C@@H]1O2. The number of rotatable bonds is 11. The molecule has 1 amide bonds. The fourth-order valence-electron chi connectivity index (χ4n) is 3.29. The van der Waals surface area contributed by atoms with Gasteiger partial charge in [-0.25, -0.2) is 8.42 Å². The predicted octanol–water partition coefficient (Wildman–Crippen LogP) is -1.52. The molecule has 160 valence electrons. The molecule has 0 radical (unpaired) electrons. The monoisotopic (exact) mass is 420 g/mol. The number of nitrogens with zero attached hydrogens (tertiary/aromatic N) is 1. The zero-order chi connectivity index (χ0) is 20.9. The van der Waals surface area contributed by atoms with Gasteiger partial charge >= 0.3 is 5.97 Å². The lowest BCUT2D eigenvalue weighted by molar-refractivity contribution is -0.886. The van der Waals surface area contributed by atoms with E-state index in [1.54, 1.807) is 26.2 Å². The van der Waals surface area contributed by atoms with Gasteiger partial charge in [-0.3, -0.25) is 9.59 Å². The molecule has 10 nitrogen and oxygen atoms in total. The Balaban J connectivity index is 1.88. The topological polar surface area (TPSA) is 131 Å². The van der Waals surface area contributed by atoms with Crippen molar-refractivity contribution in [2.45, 2.75) is 12.2 Å². The van der Waals surface area contributed by atoms with Crippen LogP contribution in [0, 0.1) is 11.8 Å². The van der Waals surface area contributed by atoms with Gasteiger partial charge in [0.1, 0.15) is 22.6 Å². The van der Waals surface area contributed by atoms with Gasteiger partial charge in [0.15, 0.2) is 0 Å². The molecule has 1 saturated heterocycles. The standard InChI is InChI=1S/C17H28N2O8S/c1-19(2,8-11-28(22,23)24)7-6-18-16(20)14-12-4-5-13(27-12)15(14)17(21)26-10-9-25-3/h4-5,12-15H,6-11H2,1-3H3,(H-,18,20,22,23,24)/t12-,13+,14?,15?/m1/s1. The summed E-state index contributed by atoms with van der Waals surface area (Å²) in [6.07, 6.45) is 2.58. The van der Waals surface area contributed by atoms with Crippen LogP contribution in [0.3, 0.4) is 0 Å². The Bertz CT molecular complexity index is 706. The van der Waals surface area contributed by atoms with Crippen molar-refractivity contribution >= 4 is 22.0 Å². The van der Waals surface area contributed by atoms with Crippen LogP contribution >= 0.6 is 0 Å². The molecule has 0 aromatic carbocycles. The first-order valence-corrected chi connectivity index (χ1v) is 10.6. The minimum Gasteiger partial charge on any atom is -0.748 e. The zero-order valence-corrected chi connectivity index (χ0v) is 17.1. The molecule has 28 heavy (non-hydrogen) atoms. The first-order chi connectivity index (χ1) is 13.0. The van der Waals surface area contributed by atoms with Crippen molar-refractivity contribution in [2.75, 3.05) is 59.8 Å². The van der Waals surface area contributed by atoms with E-state index in [4.69, 9.17) is 14.2 Å². The van der Waals surface area contributed by atoms with Crippen molar-refractivity contribution in [1.29, 1.82) is 0 Å². The number of hydrogen-bond donors (Lipinski definition) is 1. The van der Waals surface area contributed by atoms with Crippen molar-refractivity contribution in [3.8, 4) is 0 Å². The van der Waals surface area contributed by atoms with E-state index >= 15 is 0 Å². The van der Waals surface area contributed by atoms with Gasteiger partial charge < -0.3 is 28.6 Å². The summed E-state index contributed by atoms with van der Waals surface area (Å²) in [5, 5.41) is 2.79. The number of ether oxygens (including phenoxy) is 3. The highest BCUT2D eigenvalue weighted by atomic mass is 32.2. The van der Waals surface area contributed by atoms with Gasteiger partial charge in [-0.05, 0) is 0 Å². The van der Waals surface area contributed by atoms with Crippen molar-refractivity contribution in [3.63, 3.8) is 0 Å². The maximum atomic E-state index is 12.7. The third kappa shape index (κ3) is 6.24. The Hall–Kier alpha value is -1.53. The fraction of sp³-hybridized carbons (Fsp3) is 0.765. The lowest BCUT2D eigenvalue weighted by Gasteiger charge is -2.30. The van der Waals surface area contributed by atoms with Gasteiger partial charge in [-0.2, -0.15) is 0 Å². The molecule has 2 rings (SSSR count). The molecule has 2 aliphatic heterocycles. The molecule has 4 atom stereocenters. The van der Waals surface area contributed by atoms with Gasteiger partial charge in [0.05, 0.1) is 64.2 Å². The van der Waals surface area contributed by atoms with E-state index in [0.717, 1.165) is 0 Å². The van der Waals surface area contributed by atoms with E-state index in [1.165, 1.54) is 7.11 Å². The molecule has 2 unspecified atom stereocenters. The first kappa shape index (κ1) is 22.8. The Kier molecular flexibility index (Phi) is 7.57. The quantitative estimate of drug-likeness (QED) is 0.140. The molecule has 0 aromatic rings. The summed E-state index contributed by atoms with van der Waals surface area (Å²) < 4.78 is 48.3. The highest BCUT2D eigenvalue weighted by Gasteiger charge is 2.53.